The van der Waals surface area contributed by atoms with Crippen LogP contribution in [0.4, 0.5) is 9.59 Å². The fraction of sp³-hybridized carbons (Fsp3) is 0.500. The van der Waals surface area contributed by atoms with E-state index >= 15 is 0 Å². The molecule has 0 heterocycles. The van der Waals surface area contributed by atoms with Gasteiger partial charge in [-0.15, -0.1) is 0 Å². The third-order valence-electron chi connectivity index (χ3n) is 6.70. The van der Waals surface area contributed by atoms with Gasteiger partial charge in [0.25, 0.3) is 0 Å². The third-order valence-corrected chi connectivity index (χ3v) is 6.70. The van der Waals surface area contributed by atoms with Crippen molar-refractivity contribution in [3.05, 3.63) is 48.0 Å². The maximum absolute atomic E-state index is 12.7. The summed E-state index contributed by atoms with van der Waals surface area (Å²) in [6, 6.07) is 13.3. The third kappa shape index (κ3) is 8.37. The van der Waals surface area contributed by atoms with E-state index in [1.807, 2.05) is 42.5 Å². The molecule has 0 radical (unpaired) electrons. The number of unbranched alkanes of at least 4 members (excludes halogenated alkanes) is 8. The number of aryl methyl sites for hydroxylation is 1. The van der Waals surface area contributed by atoms with Gasteiger partial charge >= 0.3 is 12.3 Å². The zero-order valence-corrected chi connectivity index (χ0v) is 23.2. The Kier molecular flexibility index (Phi) is 12.2. The number of benzene rings is 3. The van der Waals surface area contributed by atoms with Crippen molar-refractivity contribution in [2.45, 2.75) is 91.4 Å². The quantitative estimate of drug-likeness (QED) is 0.0856. The van der Waals surface area contributed by atoms with Crippen LogP contribution in [0, 0.1) is 0 Å². The lowest BCUT2D eigenvalue weighted by atomic mass is 9.98. The number of ether oxygens (including phenoxy) is 4. The summed E-state index contributed by atoms with van der Waals surface area (Å²) in [6.07, 6.45) is 9.97. The molecule has 3 aromatic rings. The van der Waals surface area contributed by atoms with Crippen LogP contribution < -0.4 is 9.47 Å². The molecule has 206 valence electrons. The molecule has 0 fully saturated rings. The molecular weight excluding hydrogens is 480 g/mol. The van der Waals surface area contributed by atoms with Gasteiger partial charge in [-0.2, -0.15) is 0 Å². The molecule has 0 N–H and O–H groups in total. The van der Waals surface area contributed by atoms with Gasteiger partial charge in [0.05, 0.1) is 13.2 Å². The topological polar surface area (TPSA) is 71.1 Å². The highest BCUT2D eigenvalue weighted by Gasteiger charge is 2.21. The van der Waals surface area contributed by atoms with Crippen molar-refractivity contribution in [1.82, 2.24) is 0 Å². The molecule has 0 aliphatic rings. The minimum Gasteiger partial charge on any atom is -0.434 e. The highest BCUT2D eigenvalue weighted by molar-refractivity contribution is 6.12. The van der Waals surface area contributed by atoms with E-state index in [1.165, 1.54) is 25.7 Å². The Labute approximate surface area is 226 Å². The van der Waals surface area contributed by atoms with Crippen LogP contribution in [0.5, 0.6) is 11.5 Å². The zero-order valence-electron chi connectivity index (χ0n) is 23.2. The van der Waals surface area contributed by atoms with Crippen LogP contribution in [0.2, 0.25) is 0 Å². The first-order valence-electron chi connectivity index (χ1n) is 14.3. The van der Waals surface area contributed by atoms with E-state index in [4.69, 9.17) is 18.9 Å². The molecule has 0 aliphatic heterocycles. The monoisotopic (exact) mass is 522 g/mol. The molecule has 0 amide bonds. The molecule has 0 atom stereocenters. The summed E-state index contributed by atoms with van der Waals surface area (Å²) in [5.41, 5.74) is 1.07. The molecule has 0 aliphatic carbocycles. The second kappa shape index (κ2) is 15.9. The molecule has 0 bridgehead atoms. The Bertz CT molecular complexity index is 1190. The first-order chi connectivity index (χ1) is 18.6. The minimum absolute atomic E-state index is 0.323. The van der Waals surface area contributed by atoms with Gasteiger partial charge in [0, 0.05) is 21.5 Å². The highest BCUT2D eigenvalue weighted by Crippen LogP contribution is 2.43. The van der Waals surface area contributed by atoms with Crippen LogP contribution in [0.1, 0.15) is 90.5 Å². The molecule has 0 aromatic heterocycles. The van der Waals surface area contributed by atoms with E-state index in [0.29, 0.717) is 46.3 Å². The van der Waals surface area contributed by atoms with Gasteiger partial charge in [-0.3, -0.25) is 0 Å². The number of carbonyl (C=O) groups is 2. The summed E-state index contributed by atoms with van der Waals surface area (Å²) in [5, 5.41) is 2.68. The van der Waals surface area contributed by atoms with Crippen LogP contribution in [-0.4, -0.2) is 25.5 Å². The molecule has 0 saturated carbocycles. The normalized spacial score (nSPS) is 11.0. The van der Waals surface area contributed by atoms with Gasteiger partial charge in [-0.1, -0.05) is 109 Å². The second-order valence-electron chi connectivity index (χ2n) is 9.67. The summed E-state index contributed by atoms with van der Waals surface area (Å²) < 4.78 is 22.4. The van der Waals surface area contributed by atoms with Crippen LogP contribution >= 0.6 is 0 Å². The second-order valence-corrected chi connectivity index (χ2v) is 9.67. The molecule has 0 unspecified atom stereocenters. The summed E-state index contributed by atoms with van der Waals surface area (Å²) in [7, 11) is 0. The van der Waals surface area contributed by atoms with Gasteiger partial charge in [-0.25, -0.2) is 9.59 Å². The average Bonchev–Trinajstić information content (AvgIpc) is 2.94. The van der Waals surface area contributed by atoms with Crippen LogP contribution in [0.25, 0.3) is 21.5 Å². The summed E-state index contributed by atoms with van der Waals surface area (Å²) in [4.78, 5) is 25.3. The van der Waals surface area contributed by atoms with Crippen molar-refractivity contribution >= 4 is 33.9 Å². The average molecular weight is 523 g/mol. The highest BCUT2D eigenvalue weighted by atomic mass is 16.7. The number of fused-ring (bicyclic) bond motifs is 2. The molecule has 6 heteroatoms. The predicted octanol–water partition coefficient (Wildman–Crippen LogP) is 9.53. The lowest BCUT2D eigenvalue weighted by Crippen LogP contribution is -2.14. The van der Waals surface area contributed by atoms with Crippen LogP contribution in [-0.2, 0) is 15.9 Å². The Morgan fingerprint density at radius 2 is 1.05 bits per heavy atom. The smallest absolute Gasteiger partial charge is 0.434 e. The van der Waals surface area contributed by atoms with Gasteiger partial charge in [0.1, 0.15) is 11.5 Å². The van der Waals surface area contributed by atoms with Crippen molar-refractivity contribution < 1.29 is 28.5 Å². The molecular formula is C32H42O6. The summed E-state index contributed by atoms with van der Waals surface area (Å²) >= 11 is 0. The predicted molar refractivity (Wildman–Crippen MR) is 152 cm³/mol. The minimum atomic E-state index is -0.734. The van der Waals surface area contributed by atoms with E-state index in [9.17, 15) is 9.59 Å². The molecule has 38 heavy (non-hydrogen) atoms. The van der Waals surface area contributed by atoms with Gasteiger partial charge in [0.2, 0.25) is 0 Å². The Morgan fingerprint density at radius 3 is 1.55 bits per heavy atom. The van der Waals surface area contributed by atoms with Crippen LogP contribution in [0.15, 0.2) is 42.5 Å². The lowest BCUT2D eigenvalue weighted by Gasteiger charge is -2.17. The summed E-state index contributed by atoms with van der Waals surface area (Å²) in [6.45, 7) is 7.04. The van der Waals surface area contributed by atoms with E-state index in [-0.39, 0.29) is 0 Å². The van der Waals surface area contributed by atoms with E-state index in [0.717, 1.165) is 50.5 Å². The Balaban J connectivity index is 1.84. The molecule has 3 rings (SSSR count). The van der Waals surface area contributed by atoms with Crippen molar-refractivity contribution in [1.29, 1.82) is 0 Å². The largest absolute Gasteiger partial charge is 0.513 e. The molecule has 6 nitrogen and oxygen atoms in total. The van der Waals surface area contributed by atoms with Crippen molar-refractivity contribution in [3.63, 3.8) is 0 Å². The van der Waals surface area contributed by atoms with Gasteiger partial charge < -0.3 is 18.9 Å². The van der Waals surface area contributed by atoms with Crippen LogP contribution in [0.3, 0.4) is 0 Å². The molecule has 0 spiro atoms. The number of rotatable bonds is 15. The zero-order chi connectivity index (χ0) is 27.2. The maximum Gasteiger partial charge on any atom is 0.513 e. The van der Waals surface area contributed by atoms with Gasteiger partial charge in [0.15, 0.2) is 0 Å². The first kappa shape index (κ1) is 29.3. The first-order valence-corrected chi connectivity index (χ1v) is 14.3. The molecule has 0 saturated heterocycles. The van der Waals surface area contributed by atoms with Gasteiger partial charge in [-0.05, 0) is 30.9 Å². The standard InChI is InChI=1S/C32H42O6/c1-4-7-9-11-15-21-35-31(33)37-29-25-17-13-14-18-26(25)30(28-23-24(6-3)19-20-27(28)29)38-32(34)36-22-16-12-10-8-5-2/h13-14,17-20,23H,4-12,15-16,21-22H2,1-3H3. The van der Waals surface area contributed by atoms with Crippen molar-refractivity contribution in [3.8, 4) is 11.5 Å². The van der Waals surface area contributed by atoms with Crippen molar-refractivity contribution in [2.24, 2.45) is 0 Å². The maximum atomic E-state index is 12.7. The SMILES string of the molecule is CCCCCCCOC(=O)Oc1c2ccccc2c(OC(=O)OCCCCCCC)c2cc(CC)ccc12. The summed E-state index contributed by atoms with van der Waals surface area (Å²) in [5.74, 6) is 0.796. The molecule has 3 aromatic carbocycles. The number of hydrogen-bond acceptors (Lipinski definition) is 6. The fourth-order valence-corrected chi connectivity index (χ4v) is 4.53. The van der Waals surface area contributed by atoms with E-state index in [2.05, 4.69) is 20.8 Å². The van der Waals surface area contributed by atoms with E-state index in [1.54, 1.807) is 0 Å². The Hall–Kier alpha value is -3.28. The number of hydrogen-bond donors (Lipinski definition) is 0. The fourth-order valence-electron chi connectivity index (χ4n) is 4.53. The lowest BCUT2D eigenvalue weighted by molar-refractivity contribution is 0.0965. The Morgan fingerprint density at radius 1 is 0.579 bits per heavy atom. The van der Waals surface area contributed by atoms with Crippen molar-refractivity contribution in [2.75, 3.05) is 13.2 Å². The van der Waals surface area contributed by atoms with E-state index < -0.39 is 12.3 Å². The number of carbonyl (C=O) groups excluding carboxylic acids is 2.